The minimum atomic E-state index is -0.825. The molecule has 0 radical (unpaired) electrons. The van der Waals surface area contributed by atoms with Gasteiger partial charge >= 0.3 is 0 Å². The lowest BCUT2D eigenvalue weighted by Crippen LogP contribution is -2.35. The number of carbonyl (C=O) groups is 1. The first-order chi connectivity index (χ1) is 9.08. The first kappa shape index (κ1) is 16.1. The van der Waals surface area contributed by atoms with Crippen LogP contribution in [0, 0.1) is 5.92 Å². The van der Waals surface area contributed by atoms with Crippen molar-refractivity contribution in [3.05, 3.63) is 35.9 Å². The zero-order chi connectivity index (χ0) is 14.3. The number of hydrogen-bond acceptors (Lipinski definition) is 2. The Kier molecular flexibility index (Phi) is 7.02. The molecule has 0 aliphatic carbocycles. The van der Waals surface area contributed by atoms with E-state index in [1.807, 2.05) is 37.3 Å². The van der Waals surface area contributed by atoms with Crippen molar-refractivity contribution < 1.29 is 9.00 Å². The van der Waals surface area contributed by atoms with Crippen molar-refractivity contribution in [3.8, 4) is 0 Å². The number of amides is 1. The Morgan fingerprint density at radius 1 is 1.32 bits per heavy atom. The molecule has 0 saturated carbocycles. The van der Waals surface area contributed by atoms with Gasteiger partial charge in [-0.1, -0.05) is 44.2 Å². The van der Waals surface area contributed by atoms with Gasteiger partial charge in [0.2, 0.25) is 0 Å². The van der Waals surface area contributed by atoms with Crippen molar-refractivity contribution in [2.45, 2.75) is 26.5 Å². The Bertz CT molecular complexity index is 468. The molecule has 0 spiro atoms. The lowest BCUT2D eigenvalue weighted by atomic mass is 10.2. The van der Waals surface area contributed by atoms with Gasteiger partial charge in [-0.15, -0.1) is 0 Å². The van der Waals surface area contributed by atoms with Crippen LogP contribution in [0.25, 0.3) is 0 Å². The summed E-state index contributed by atoms with van der Waals surface area (Å²) < 4.78 is 11.3. The number of nitrogens with zero attached hydrogens (tertiary/aromatic N) is 1. The van der Waals surface area contributed by atoms with Crippen LogP contribution in [0.3, 0.4) is 0 Å². The molecular formula is C14H21NO2S2. The van der Waals surface area contributed by atoms with Gasteiger partial charge in [-0.2, -0.15) is 0 Å². The van der Waals surface area contributed by atoms with Crippen LogP contribution in [-0.4, -0.2) is 27.4 Å². The fraction of sp³-hybridized carbons (Fsp3) is 0.500. The number of hydrogen-bond donors (Lipinski definition) is 0. The van der Waals surface area contributed by atoms with Crippen LogP contribution >= 0.6 is 0 Å². The topological polar surface area (TPSA) is 37.4 Å². The largest absolute Gasteiger partial charge is 0.333 e. The molecule has 5 heteroatoms. The Balaban J connectivity index is 2.80. The van der Waals surface area contributed by atoms with Crippen LogP contribution in [0.15, 0.2) is 30.3 Å². The average molecular weight is 299 g/mol. The second kappa shape index (κ2) is 8.27. The Labute approximate surface area is 120 Å². The number of benzene rings is 1. The standard InChI is InChI=1S/C14H21NO2S2/c1-4-15(10-12(2)3)14(16)19(18-17)11-13-8-6-5-7-9-13/h5-9,12H,4,10-11H2,1-3H3. The van der Waals surface area contributed by atoms with Gasteiger partial charge in [0.05, 0.1) is 0 Å². The van der Waals surface area contributed by atoms with Gasteiger partial charge in [-0.3, -0.25) is 4.79 Å². The molecule has 106 valence electrons. The van der Waals surface area contributed by atoms with Crippen molar-refractivity contribution in [1.82, 2.24) is 4.90 Å². The minimum Gasteiger partial charge on any atom is -0.333 e. The van der Waals surface area contributed by atoms with Gasteiger partial charge in [0, 0.05) is 28.3 Å². The van der Waals surface area contributed by atoms with E-state index in [1.54, 1.807) is 4.90 Å². The van der Waals surface area contributed by atoms with Crippen molar-refractivity contribution in [1.29, 1.82) is 0 Å². The van der Waals surface area contributed by atoms with E-state index in [0.29, 0.717) is 35.0 Å². The van der Waals surface area contributed by atoms with E-state index in [9.17, 15) is 9.00 Å². The summed E-state index contributed by atoms with van der Waals surface area (Å²) in [6, 6.07) is 9.72. The average Bonchev–Trinajstić information content (AvgIpc) is 2.42. The Morgan fingerprint density at radius 2 is 1.95 bits per heavy atom. The van der Waals surface area contributed by atoms with Gasteiger partial charge in [0.1, 0.15) is 10.2 Å². The van der Waals surface area contributed by atoms with Crippen molar-refractivity contribution in [2.75, 3.05) is 13.1 Å². The zero-order valence-corrected chi connectivity index (χ0v) is 13.3. The molecule has 1 amide bonds. The molecule has 1 aromatic rings. The van der Waals surface area contributed by atoms with Gasteiger partial charge in [0.15, 0.2) is 0 Å². The monoisotopic (exact) mass is 299 g/mol. The fourth-order valence-corrected chi connectivity index (χ4v) is 4.02. The Morgan fingerprint density at radius 3 is 2.42 bits per heavy atom. The zero-order valence-electron chi connectivity index (χ0n) is 11.7. The molecule has 0 heterocycles. The molecule has 0 bridgehead atoms. The van der Waals surface area contributed by atoms with Crippen molar-refractivity contribution in [3.63, 3.8) is 0 Å². The first-order valence-electron chi connectivity index (χ1n) is 6.42. The lowest BCUT2D eigenvalue weighted by molar-refractivity contribution is 0.219. The van der Waals surface area contributed by atoms with Crippen molar-refractivity contribution >= 4 is 24.9 Å². The summed E-state index contributed by atoms with van der Waals surface area (Å²) >= 11 is 0. The van der Waals surface area contributed by atoms with E-state index >= 15 is 0 Å². The van der Waals surface area contributed by atoms with Crippen LogP contribution in [-0.2, 0) is 25.4 Å². The quantitative estimate of drug-likeness (QED) is 0.838. The van der Waals surface area contributed by atoms with E-state index in [4.69, 9.17) is 0 Å². The van der Waals surface area contributed by atoms with Crippen LogP contribution in [0.4, 0.5) is 4.79 Å². The molecule has 1 unspecified atom stereocenters. The summed E-state index contributed by atoms with van der Waals surface area (Å²) in [7, 11) is -0.395. The predicted molar refractivity (Wildman–Crippen MR) is 83.1 cm³/mol. The second-order valence-corrected chi connectivity index (χ2v) is 7.82. The molecule has 0 aromatic heterocycles. The molecule has 0 aliphatic heterocycles. The number of carbonyl (C=O) groups excluding carboxylic acids is 1. The molecule has 0 saturated heterocycles. The van der Waals surface area contributed by atoms with E-state index < -0.39 is 9.45 Å². The predicted octanol–water partition coefficient (Wildman–Crippen LogP) is 3.03. The highest BCUT2D eigenvalue weighted by Crippen LogP contribution is 2.09. The Hall–Kier alpha value is -0.940. The maximum Gasteiger partial charge on any atom is 0.288 e. The smallest absolute Gasteiger partial charge is 0.288 e. The van der Waals surface area contributed by atoms with E-state index in [2.05, 4.69) is 13.8 Å². The summed E-state index contributed by atoms with van der Waals surface area (Å²) in [5, 5.41) is -0.0138. The maximum atomic E-state index is 12.4. The number of rotatable bonds is 5. The molecule has 3 nitrogen and oxygen atoms in total. The normalized spacial score (nSPS) is 12.2. The third-order valence-corrected chi connectivity index (χ3v) is 5.32. The molecule has 0 aliphatic rings. The summed E-state index contributed by atoms with van der Waals surface area (Å²) in [5.74, 6) is 0.949. The van der Waals surface area contributed by atoms with E-state index in [0.717, 1.165) is 5.56 Å². The van der Waals surface area contributed by atoms with Crippen LogP contribution in [0.2, 0.25) is 0 Å². The minimum absolute atomic E-state index is 0.0138. The molecule has 19 heavy (non-hydrogen) atoms. The van der Waals surface area contributed by atoms with E-state index in [1.165, 1.54) is 0 Å². The summed E-state index contributed by atoms with van der Waals surface area (Å²) in [4.78, 5) is 14.2. The maximum absolute atomic E-state index is 12.4. The van der Waals surface area contributed by atoms with Gasteiger partial charge in [0.25, 0.3) is 5.24 Å². The van der Waals surface area contributed by atoms with Gasteiger partial charge in [-0.25, -0.2) is 4.21 Å². The van der Waals surface area contributed by atoms with Crippen LogP contribution in [0.5, 0.6) is 0 Å². The highest BCUT2D eigenvalue weighted by atomic mass is 32.8. The molecule has 1 aromatic carbocycles. The molecule has 1 rings (SSSR count). The van der Waals surface area contributed by atoms with E-state index in [-0.39, 0.29) is 5.24 Å². The fourth-order valence-electron chi connectivity index (χ4n) is 1.76. The molecule has 0 N–H and O–H groups in total. The second-order valence-electron chi connectivity index (χ2n) is 4.74. The van der Waals surface area contributed by atoms with Gasteiger partial charge in [-0.05, 0) is 18.4 Å². The summed E-state index contributed by atoms with van der Waals surface area (Å²) in [5.41, 5.74) is 1.04. The highest BCUT2D eigenvalue weighted by molar-refractivity contribution is 8.38. The third-order valence-electron chi connectivity index (χ3n) is 2.64. The van der Waals surface area contributed by atoms with Crippen LogP contribution in [0.1, 0.15) is 26.3 Å². The molecule has 0 fully saturated rings. The lowest BCUT2D eigenvalue weighted by Gasteiger charge is -2.23. The molecular weight excluding hydrogens is 278 g/mol. The SMILES string of the molecule is CCN(CC(C)C)C(=O)S(Cc1ccccc1)=S=O. The summed E-state index contributed by atoms with van der Waals surface area (Å²) in [6.45, 7) is 7.50. The van der Waals surface area contributed by atoms with Crippen LogP contribution < -0.4 is 0 Å². The molecule has 1 atom stereocenters. The summed E-state index contributed by atoms with van der Waals surface area (Å²) in [6.07, 6.45) is 0. The van der Waals surface area contributed by atoms with Crippen molar-refractivity contribution in [2.24, 2.45) is 5.92 Å². The third kappa shape index (κ3) is 5.28. The highest BCUT2D eigenvalue weighted by Gasteiger charge is 2.18. The van der Waals surface area contributed by atoms with Gasteiger partial charge < -0.3 is 4.90 Å². The first-order valence-corrected chi connectivity index (χ1v) is 9.07.